The van der Waals surface area contributed by atoms with Gasteiger partial charge in [0.05, 0.1) is 0 Å². The van der Waals surface area contributed by atoms with Crippen LogP contribution in [-0.2, 0) is 10.8 Å². The average molecular weight is 446 g/mol. The lowest BCUT2D eigenvalue weighted by Crippen LogP contribution is -2.22. The number of hydrogen-bond acceptors (Lipinski definition) is 1. The molecule has 0 spiro atoms. The van der Waals surface area contributed by atoms with Crippen molar-refractivity contribution < 1.29 is 8.78 Å². The minimum absolute atomic E-state index is 0.209. The molecule has 3 rings (SSSR count). The van der Waals surface area contributed by atoms with Crippen molar-refractivity contribution in [2.45, 2.75) is 45.4 Å². The van der Waals surface area contributed by atoms with Gasteiger partial charge in [-0.3, -0.25) is 0 Å². The van der Waals surface area contributed by atoms with E-state index in [0.717, 1.165) is 33.6 Å². The lowest BCUT2D eigenvalue weighted by atomic mass is 9.76. The molecule has 1 aliphatic rings. The molecule has 2 aromatic carbocycles. The number of halogens is 2. The van der Waals surface area contributed by atoms with E-state index in [-0.39, 0.29) is 22.5 Å². The zero-order valence-electron chi connectivity index (χ0n) is 20.4. The fourth-order valence-electron chi connectivity index (χ4n) is 4.47. The number of benzene rings is 2. The number of fused-ring (bicyclic) bond motifs is 1. The highest BCUT2D eigenvalue weighted by Gasteiger charge is 2.38. The summed E-state index contributed by atoms with van der Waals surface area (Å²) in [7, 11) is 2.01. The van der Waals surface area contributed by atoms with E-state index in [2.05, 4.69) is 45.2 Å². The molecule has 172 valence electrons. The van der Waals surface area contributed by atoms with Crippen LogP contribution in [0, 0.1) is 18.6 Å². The average Bonchev–Trinajstić information content (AvgIpc) is 2.94. The smallest absolute Gasteiger partial charge is 0.123 e. The van der Waals surface area contributed by atoms with Crippen molar-refractivity contribution in [3.63, 3.8) is 0 Å². The largest absolute Gasteiger partial charge is 0.347 e. The van der Waals surface area contributed by atoms with Crippen molar-refractivity contribution in [1.29, 1.82) is 0 Å². The maximum Gasteiger partial charge on any atom is 0.123 e. The van der Waals surface area contributed by atoms with Gasteiger partial charge in [0, 0.05) is 29.3 Å². The Bertz CT molecular complexity index is 1180. The number of nitrogens with zero attached hydrogens (tertiary/aromatic N) is 1. The fourth-order valence-corrected chi connectivity index (χ4v) is 4.47. The molecular formula is C30H33F2N. The molecule has 1 heterocycles. The molecule has 33 heavy (non-hydrogen) atoms. The maximum absolute atomic E-state index is 13.8. The first-order chi connectivity index (χ1) is 15.5. The van der Waals surface area contributed by atoms with Crippen LogP contribution in [0.4, 0.5) is 14.5 Å². The number of hydrogen-bond donors (Lipinski definition) is 0. The summed E-state index contributed by atoms with van der Waals surface area (Å²) in [6.07, 6.45) is 13.8. The monoisotopic (exact) mass is 445 g/mol. The highest BCUT2D eigenvalue weighted by molar-refractivity contribution is 5.70. The van der Waals surface area contributed by atoms with Crippen molar-refractivity contribution in [3.8, 4) is 0 Å². The molecule has 0 fully saturated rings. The summed E-state index contributed by atoms with van der Waals surface area (Å²) >= 11 is 0. The van der Waals surface area contributed by atoms with Crippen molar-refractivity contribution in [3.05, 3.63) is 125 Å². The van der Waals surface area contributed by atoms with Gasteiger partial charge in [-0.1, -0.05) is 76.8 Å². The van der Waals surface area contributed by atoms with Gasteiger partial charge in [0.15, 0.2) is 0 Å². The summed E-state index contributed by atoms with van der Waals surface area (Å²) in [5.74, 6) is -0.442. The summed E-state index contributed by atoms with van der Waals surface area (Å²) in [5.41, 5.74) is 5.41. The molecule has 1 nitrogen and oxygen atoms in total. The molecule has 1 aliphatic heterocycles. The van der Waals surface area contributed by atoms with Gasteiger partial charge in [0.25, 0.3) is 0 Å². The van der Waals surface area contributed by atoms with Gasteiger partial charge in [-0.15, -0.1) is 0 Å². The van der Waals surface area contributed by atoms with Crippen LogP contribution < -0.4 is 4.90 Å². The molecular weight excluding hydrogens is 412 g/mol. The summed E-state index contributed by atoms with van der Waals surface area (Å²) < 4.78 is 27.5. The van der Waals surface area contributed by atoms with E-state index in [1.54, 1.807) is 18.2 Å². The number of anilines is 1. The molecule has 0 radical (unpaired) electrons. The van der Waals surface area contributed by atoms with Crippen molar-refractivity contribution in [1.82, 2.24) is 0 Å². The molecule has 2 aromatic rings. The summed E-state index contributed by atoms with van der Waals surface area (Å²) in [6, 6.07) is 9.85. The Morgan fingerprint density at radius 3 is 2.27 bits per heavy atom. The van der Waals surface area contributed by atoms with E-state index in [4.69, 9.17) is 0 Å². The predicted molar refractivity (Wildman–Crippen MR) is 137 cm³/mol. The van der Waals surface area contributed by atoms with Crippen LogP contribution in [0.5, 0.6) is 0 Å². The summed E-state index contributed by atoms with van der Waals surface area (Å²) in [5, 5.41) is 0. The first-order valence-electron chi connectivity index (χ1n) is 11.2. The molecule has 0 saturated carbocycles. The van der Waals surface area contributed by atoms with E-state index in [1.165, 1.54) is 12.1 Å². The second kappa shape index (κ2) is 9.35. The second-order valence-electron chi connectivity index (χ2n) is 9.64. The summed E-state index contributed by atoms with van der Waals surface area (Å²) in [4.78, 5) is 2.11. The Hall–Kier alpha value is -3.20. The third-order valence-corrected chi connectivity index (χ3v) is 6.67. The Morgan fingerprint density at radius 1 is 0.939 bits per heavy atom. The Kier molecular flexibility index (Phi) is 6.92. The van der Waals surface area contributed by atoms with E-state index in [1.807, 2.05) is 56.5 Å². The molecule has 0 unspecified atom stereocenters. The van der Waals surface area contributed by atoms with Crippen LogP contribution in [-0.4, -0.2) is 7.05 Å². The lowest BCUT2D eigenvalue weighted by molar-refractivity contribution is 0.598. The molecule has 0 saturated heterocycles. The van der Waals surface area contributed by atoms with Crippen LogP contribution >= 0.6 is 0 Å². The maximum atomic E-state index is 13.8. The third-order valence-electron chi connectivity index (χ3n) is 6.67. The zero-order chi connectivity index (χ0) is 24.4. The summed E-state index contributed by atoms with van der Waals surface area (Å²) in [6.45, 7) is 14.5. The van der Waals surface area contributed by atoms with Crippen LogP contribution in [0.25, 0.3) is 0 Å². The standard InChI is InChI=1S/C30H33F2N/c1-21-15-16-23(31)19-25(21)29(3,4)22(2)13-11-9-8-10-12-14-28-30(5,6)26-20-24(32)17-18-27(26)33(28)7/h8-20H,2H2,1,3-7H3/b9-8+,12-10+,13-11+,28-14+. The minimum Gasteiger partial charge on any atom is -0.347 e. The number of likely N-dealkylation sites (N-methyl/N-ethyl adjacent to an activating group) is 1. The first kappa shape index (κ1) is 24.4. The third kappa shape index (κ3) is 4.93. The first-order valence-corrected chi connectivity index (χ1v) is 11.2. The molecule has 0 aliphatic carbocycles. The predicted octanol–water partition coefficient (Wildman–Crippen LogP) is 8.09. The zero-order valence-corrected chi connectivity index (χ0v) is 20.4. The van der Waals surface area contributed by atoms with Gasteiger partial charge in [0.1, 0.15) is 11.6 Å². The Balaban J connectivity index is 1.67. The molecule has 0 amide bonds. The van der Waals surface area contributed by atoms with Crippen molar-refractivity contribution in [2.24, 2.45) is 0 Å². The van der Waals surface area contributed by atoms with Gasteiger partial charge in [-0.25, -0.2) is 8.78 Å². The molecule has 0 aromatic heterocycles. The van der Waals surface area contributed by atoms with E-state index >= 15 is 0 Å². The van der Waals surface area contributed by atoms with Gasteiger partial charge >= 0.3 is 0 Å². The number of aryl methyl sites for hydroxylation is 1. The van der Waals surface area contributed by atoms with E-state index in [0.29, 0.717) is 0 Å². The van der Waals surface area contributed by atoms with Gasteiger partial charge in [-0.2, -0.15) is 0 Å². The highest BCUT2D eigenvalue weighted by Crippen LogP contribution is 2.46. The number of rotatable bonds is 6. The quantitative estimate of drug-likeness (QED) is 0.406. The highest BCUT2D eigenvalue weighted by atomic mass is 19.1. The SMILES string of the molecule is C=C(/C=C/C=C/C=C/C=C1/N(C)c2ccc(F)cc2C1(C)C)C(C)(C)c1cc(F)ccc1C. The van der Waals surface area contributed by atoms with Gasteiger partial charge in [-0.05, 0) is 65.6 Å². The van der Waals surface area contributed by atoms with E-state index in [9.17, 15) is 8.78 Å². The molecule has 0 N–H and O–H groups in total. The molecule has 0 atom stereocenters. The number of allylic oxidation sites excluding steroid dienone is 9. The molecule has 0 bridgehead atoms. The normalized spacial score (nSPS) is 17.1. The molecule has 3 heteroatoms. The Labute approximate surface area is 197 Å². The Morgan fingerprint density at radius 2 is 1.55 bits per heavy atom. The van der Waals surface area contributed by atoms with Crippen LogP contribution in [0.3, 0.4) is 0 Å². The van der Waals surface area contributed by atoms with Crippen LogP contribution in [0.1, 0.15) is 44.4 Å². The van der Waals surface area contributed by atoms with Crippen molar-refractivity contribution in [2.75, 3.05) is 11.9 Å². The second-order valence-corrected chi connectivity index (χ2v) is 9.64. The topological polar surface area (TPSA) is 3.24 Å². The fraction of sp³-hybridized carbons (Fsp3) is 0.267. The van der Waals surface area contributed by atoms with Crippen LogP contribution in [0.2, 0.25) is 0 Å². The van der Waals surface area contributed by atoms with E-state index < -0.39 is 0 Å². The van der Waals surface area contributed by atoms with Gasteiger partial charge < -0.3 is 4.90 Å². The van der Waals surface area contributed by atoms with Gasteiger partial charge in [0.2, 0.25) is 0 Å². The lowest BCUT2D eigenvalue weighted by Gasteiger charge is -2.28. The van der Waals surface area contributed by atoms with Crippen LogP contribution in [0.15, 0.2) is 96.8 Å². The minimum atomic E-state index is -0.371. The van der Waals surface area contributed by atoms with Crippen molar-refractivity contribution >= 4 is 5.69 Å².